The van der Waals surface area contributed by atoms with Crippen molar-refractivity contribution < 1.29 is 23.9 Å². The monoisotopic (exact) mass is 594 g/mol. The standard InChI is InChI=1S/C26H30Cl2N2O5.C3H8.C2H6/c1-15(31)18(26(2,3)4)14-22(32)30-21(25(34)35-5)13-16-9-11-17(12-10-16)29-24(33)23-19(27)7-6-8-20(23)28;1-3-2;1-2/h6-12,18,21H,13-14H2,1-5H3,(H,29,33)(H,30,32);3H2,1-2H3;1-2H3. The van der Waals surface area contributed by atoms with Crippen molar-refractivity contribution in [3.63, 3.8) is 0 Å². The van der Waals surface area contributed by atoms with Gasteiger partial charge >= 0.3 is 5.97 Å². The fourth-order valence-corrected chi connectivity index (χ4v) is 4.27. The van der Waals surface area contributed by atoms with Crippen molar-refractivity contribution in [2.24, 2.45) is 11.3 Å². The van der Waals surface area contributed by atoms with Crippen molar-refractivity contribution in [1.29, 1.82) is 0 Å². The first-order valence-corrected chi connectivity index (χ1v) is 14.2. The summed E-state index contributed by atoms with van der Waals surface area (Å²) >= 11 is 12.2. The second kappa shape index (κ2) is 18.4. The molecule has 222 valence electrons. The summed E-state index contributed by atoms with van der Waals surface area (Å²) in [6.45, 7) is 15.4. The topological polar surface area (TPSA) is 102 Å². The van der Waals surface area contributed by atoms with Crippen molar-refractivity contribution in [2.75, 3.05) is 12.4 Å². The van der Waals surface area contributed by atoms with E-state index in [-0.39, 0.29) is 34.2 Å². The number of amides is 2. The van der Waals surface area contributed by atoms with E-state index in [1.54, 1.807) is 42.5 Å². The van der Waals surface area contributed by atoms with E-state index in [9.17, 15) is 19.2 Å². The summed E-state index contributed by atoms with van der Waals surface area (Å²) in [6.07, 6.45) is 1.39. The zero-order valence-corrected chi connectivity index (χ0v) is 26.6. The fourth-order valence-electron chi connectivity index (χ4n) is 3.70. The van der Waals surface area contributed by atoms with Gasteiger partial charge in [0.15, 0.2) is 0 Å². The third-order valence-corrected chi connectivity index (χ3v) is 6.22. The second-order valence-corrected chi connectivity index (χ2v) is 10.8. The number of esters is 1. The van der Waals surface area contributed by atoms with E-state index in [2.05, 4.69) is 24.5 Å². The summed E-state index contributed by atoms with van der Waals surface area (Å²) in [4.78, 5) is 49.5. The molecule has 0 aromatic heterocycles. The largest absolute Gasteiger partial charge is 0.467 e. The maximum atomic E-state index is 12.7. The molecule has 2 rings (SSSR count). The lowest BCUT2D eigenvalue weighted by molar-refractivity contribution is -0.145. The van der Waals surface area contributed by atoms with Crippen molar-refractivity contribution in [3.05, 3.63) is 63.6 Å². The Labute approximate surface area is 249 Å². The minimum absolute atomic E-state index is 0.0259. The second-order valence-electron chi connectivity index (χ2n) is 10.0. The van der Waals surface area contributed by atoms with Gasteiger partial charge in [-0.3, -0.25) is 14.4 Å². The summed E-state index contributed by atoms with van der Waals surface area (Å²) < 4.78 is 4.85. The number of anilines is 1. The third kappa shape index (κ3) is 12.5. The van der Waals surface area contributed by atoms with E-state index in [4.69, 9.17) is 27.9 Å². The number of rotatable bonds is 9. The van der Waals surface area contributed by atoms with E-state index >= 15 is 0 Å². The van der Waals surface area contributed by atoms with Gasteiger partial charge in [0, 0.05) is 24.4 Å². The molecule has 40 heavy (non-hydrogen) atoms. The van der Waals surface area contributed by atoms with Gasteiger partial charge in [0.2, 0.25) is 5.91 Å². The number of carbonyl (C=O) groups is 4. The Hall–Kier alpha value is -2.90. The number of nitrogens with one attached hydrogen (secondary N) is 2. The highest BCUT2D eigenvalue weighted by atomic mass is 35.5. The maximum absolute atomic E-state index is 12.7. The Morgan fingerprint density at radius 1 is 0.925 bits per heavy atom. The number of ether oxygens (including phenoxy) is 1. The van der Waals surface area contributed by atoms with Crippen LogP contribution < -0.4 is 10.6 Å². The summed E-state index contributed by atoms with van der Waals surface area (Å²) in [5.74, 6) is -2.02. The van der Waals surface area contributed by atoms with E-state index < -0.39 is 35.2 Å². The van der Waals surface area contributed by atoms with Gasteiger partial charge in [0.25, 0.3) is 5.91 Å². The average molecular weight is 596 g/mol. The van der Waals surface area contributed by atoms with Crippen LogP contribution in [0.5, 0.6) is 0 Å². The molecule has 0 aliphatic rings. The Morgan fingerprint density at radius 3 is 1.85 bits per heavy atom. The number of benzene rings is 2. The van der Waals surface area contributed by atoms with Crippen LogP contribution >= 0.6 is 23.2 Å². The first-order chi connectivity index (χ1) is 18.7. The molecule has 0 heterocycles. The van der Waals surface area contributed by atoms with Crippen molar-refractivity contribution in [2.45, 2.75) is 80.7 Å². The SMILES string of the molecule is CC.CCC.COC(=O)C(Cc1ccc(NC(=O)c2c(Cl)cccc2Cl)cc1)NC(=O)CC(C(C)=O)C(C)(C)C. The zero-order chi connectivity index (χ0) is 31.0. The molecule has 2 amide bonds. The van der Waals surface area contributed by atoms with E-state index in [0.29, 0.717) is 5.69 Å². The van der Waals surface area contributed by atoms with Crippen LogP contribution in [0.25, 0.3) is 0 Å². The number of methoxy groups -OCH3 is 1. The third-order valence-electron chi connectivity index (χ3n) is 5.59. The number of carbonyl (C=O) groups excluding carboxylic acids is 4. The molecule has 0 aliphatic heterocycles. The van der Waals surface area contributed by atoms with Crippen LogP contribution in [0.2, 0.25) is 10.0 Å². The highest BCUT2D eigenvalue weighted by Crippen LogP contribution is 2.29. The van der Waals surface area contributed by atoms with Crippen LogP contribution in [0, 0.1) is 11.3 Å². The Balaban J connectivity index is 0.00000284. The molecule has 0 spiro atoms. The lowest BCUT2D eigenvalue weighted by Gasteiger charge is -2.28. The van der Waals surface area contributed by atoms with E-state index in [0.717, 1.165) is 5.56 Å². The molecule has 0 saturated carbocycles. The number of ketones is 1. The Morgan fingerprint density at radius 2 is 1.43 bits per heavy atom. The molecule has 7 nitrogen and oxygen atoms in total. The van der Waals surface area contributed by atoms with Gasteiger partial charge in [-0.2, -0.15) is 0 Å². The van der Waals surface area contributed by atoms with Crippen LogP contribution in [-0.4, -0.2) is 36.7 Å². The van der Waals surface area contributed by atoms with Gasteiger partial charge in [-0.1, -0.05) is 96.3 Å². The molecule has 9 heteroatoms. The van der Waals surface area contributed by atoms with Crippen molar-refractivity contribution >= 4 is 52.5 Å². The van der Waals surface area contributed by atoms with Crippen LogP contribution in [0.4, 0.5) is 5.69 Å². The Kier molecular flexibility index (Phi) is 17.1. The van der Waals surface area contributed by atoms with Crippen LogP contribution in [-0.2, 0) is 25.5 Å². The van der Waals surface area contributed by atoms with Crippen LogP contribution in [0.1, 0.15) is 84.2 Å². The molecule has 0 fully saturated rings. The molecule has 2 aromatic carbocycles. The molecule has 0 radical (unpaired) electrons. The first-order valence-electron chi connectivity index (χ1n) is 13.5. The molecule has 2 unspecified atom stereocenters. The van der Waals surface area contributed by atoms with Crippen LogP contribution in [0.15, 0.2) is 42.5 Å². The van der Waals surface area contributed by atoms with Gasteiger partial charge in [-0.25, -0.2) is 4.79 Å². The predicted octanol–water partition coefficient (Wildman–Crippen LogP) is 7.53. The van der Waals surface area contributed by atoms with Gasteiger partial charge in [0.05, 0.1) is 22.7 Å². The van der Waals surface area contributed by atoms with E-state index in [1.165, 1.54) is 20.5 Å². The van der Waals surface area contributed by atoms with E-state index in [1.807, 2.05) is 34.6 Å². The summed E-state index contributed by atoms with van der Waals surface area (Å²) in [5, 5.41) is 5.90. The number of halogens is 2. The molecular formula is C31H44Cl2N2O5. The number of hydrogen-bond donors (Lipinski definition) is 2. The predicted molar refractivity (Wildman–Crippen MR) is 164 cm³/mol. The Bertz CT molecular complexity index is 1090. The molecular weight excluding hydrogens is 551 g/mol. The first kappa shape index (κ1) is 37.1. The summed E-state index contributed by atoms with van der Waals surface area (Å²) in [6, 6.07) is 10.6. The van der Waals surface area contributed by atoms with Gasteiger partial charge in [-0.15, -0.1) is 0 Å². The molecule has 2 atom stereocenters. The number of Topliss-reactive ketones (excluding diaryl/α,β-unsaturated/α-hetero) is 1. The summed E-state index contributed by atoms with van der Waals surface area (Å²) in [5.41, 5.74) is 1.02. The molecule has 2 aromatic rings. The van der Waals surface area contributed by atoms with Gasteiger partial charge < -0.3 is 15.4 Å². The molecule has 0 bridgehead atoms. The fraction of sp³-hybridized carbons (Fsp3) is 0.484. The highest BCUT2D eigenvalue weighted by Gasteiger charge is 2.32. The smallest absolute Gasteiger partial charge is 0.328 e. The molecule has 2 N–H and O–H groups in total. The normalized spacial score (nSPS) is 11.9. The maximum Gasteiger partial charge on any atom is 0.328 e. The number of hydrogen-bond acceptors (Lipinski definition) is 5. The highest BCUT2D eigenvalue weighted by molar-refractivity contribution is 6.40. The summed E-state index contributed by atoms with van der Waals surface area (Å²) in [7, 11) is 1.24. The van der Waals surface area contributed by atoms with Gasteiger partial charge in [0.1, 0.15) is 11.8 Å². The van der Waals surface area contributed by atoms with Crippen LogP contribution in [0.3, 0.4) is 0 Å². The average Bonchev–Trinajstić information content (AvgIpc) is 2.88. The molecule has 0 saturated heterocycles. The lowest BCUT2D eigenvalue weighted by atomic mass is 9.76. The molecule has 0 aliphatic carbocycles. The lowest BCUT2D eigenvalue weighted by Crippen LogP contribution is -2.44. The zero-order valence-electron chi connectivity index (χ0n) is 25.1. The van der Waals surface area contributed by atoms with Crippen molar-refractivity contribution in [1.82, 2.24) is 5.32 Å². The quantitative estimate of drug-likeness (QED) is 0.292. The van der Waals surface area contributed by atoms with Gasteiger partial charge in [-0.05, 0) is 42.2 Å². The minimum atomic E-state index is -0.928. The minimum Gasteiger partial charge on any atom is -0.467 e. The van der Waals surface area contributed by atoms with Crippen molar-refractivity contribution in [3.8, 4) is 0 Å².